The molecular formula is C24H25FN8O5. The summed E-state index contributed by atoms with van der Waals surface area (Å²) >= 11 is 0. The fourth-order valence-corrected chi connectivity index (χ4v) is 3.82. The molecule has 0 bridgehead atoms. The van der Waals surface area contributed by atoms with Crippen LogP contribution in [0.4, 0.5) is 33.6 Å². The number of methoxy groups -OCH3 is 1. The summed E-state index contributed by atoms with van der Waals surface area (Å²) in [6, 6.07) is 8.47. The summed E-state index contributed by atoms with van der Waals surface area (Å²) in [5.74, 6) is -0.589. The molecule has 4 rings (SSSR count). The molecule has 13 nitrogen and oxygen atoms in total. The predicted octanol–water partition coefficient (Wildman–Crippen LogP) is 4.03. The van der Waals surface area contributed by atoms with E-state index in [9.17, 15) is 19.3 Å². The minimum atomic E-state index is -0.657. The smallest absolute Gasteiger partial charge is 0.323 e. The summed E-state index contributed by atoms with van der Waals surface area (Å²) in [5, 5.41) is 18.9. The maximum Gasteiger partial charge on any atom is 0.323 e. The van der Waals surface area contributed by atoms with E-state index in [4.69, 9.17) is 9.47 Å². The van der Waals surface area contributed by atoms with Crippen molar-refractivity contribution in [2.75, 3.05) is 35.8 Å². The number of nitrogens with one attached hydrogen (secondary N) is 2. The quantitative estimate of drug-likeness (QED) is 0.137. The lowest BCUT2D eigenvalue weighted by Crippen LogP contribution is -2.31. The van der Waals surface area contributed by atoms with E-state index in [1.54, 1.807) is 12.1 Å². The second-order valence-corrected chi connectivity index (χ2v) is 8.22. The standard InChI is InChI=1S/C24H25FN8O5/c1-15(34)38-19-11-6-16(20(33(35)36)21(19)37-2)14-26-31-23-28-22(27-18-9-7-17(25)8-10-18)29-24(30-23)32-12-4-3-5-13-32/h6-11,14H,3-5,12-13H2,1-2H3,(H2,27,28,29,30,31). The molecule has 1 fully saturated rings. The number of ether oxygens (including phenoxy) is 2. The summed E-state index contributed by atoms with van der Waals surface area (Å²) in [6.07, 6.45) is 4.33. The monoisotopic (exact) mass is 524 g/mol. The van der Waals surface area contributed by atoms with Gasteiger partial charge in [-0.1, -0.05) is 0 Å². The zero-order valence-corrected chi connectivity index (χ0v) is 20.7. The Morgan fingerprint density at radius 1 is 1.11 bits per heavy atom. The Morgan fingerprint density at radius 3 is 2.47 bits per heavy atom. The van der Waals surface area contributed by atoms with Gasteiger partial charge in [-0.05, 0) is 55.7 Å². The third-order valence-corrected chi connectivity index (χ3v) is 5.50. The van der Waals surface area contributed by atoms with Gasteiger partial charge in [0.15, 0.2) is 5.75 Å². The summed E-state index contributed by atoms with van der Waals surface area (Å²) < 4.78 is 23.4. The van der Waals surface area contributed by atoms with Gasteiger partial charge < -0.3 is 19.7 Å². The third kappa shape index (κ3) is 6.46. The van der Waals surface area contributed by atoms with Gasteiger partial charge >= 0.3 is 11.7 Å². The van der Waals surface area contributed by atoms with Gasteiger partial charge in [0, 0.05) is 25.7 Å². The highest BCUT2D eigenvalue weighted by Gasteiger charge is 2.25. The number of hydrazone groups is 1. The molecule has 0 spiro atoms. The molecule has 1 aromatic heterocycles. The van der Waals surface area contributed by atoms with Crippen molar-refractivity contribution < 1.29 is 23.6 Å². The average molecular weight is 525 g/mol. The molecule has 198 valence electrons. The minimum Gasteiger partial charge on any atom is -0.488 e. The molecule has 2 N–H and O–H groups in total. The van der Waals surface area contributed by atoms with E-state index >= 15 is 0 Å². The van der Waals surface area contributed by atoms with Gasteiger partial charge in [-0.3, -0.25) is 14.9 Å². The van der Waals surface area contributed by atoms with Gasteiger partial charge in [-0.15, -0.1) is 0 Å². The molecule has 1 aliphatic heterocycles. The Kier molecular flexibility index (Phi) is 8.20. The molecule has 0 unspecified atom stereocenters. The molecule has 0 radical (unpaired) electrons. The Hall–Kier alpha value is -4.88. The molecule has 2 heterocycles. The number of aromatic nitrogens is 3. The molecule has 1 saturated heterocycles. The van der Waals surface area contributed by atoms with Crippen LogP contribution in [0.3, 0.4) is 0 Å². The summed E-state index contributed by atoms with van der Waals surface area (Å²) in [7, 11) is 1.23. The van der Waals surface area contributed by atoms with Crippen LogP contribution in [-0.4, -0.2) is 52.3 Å². The number of nitro benzene ring substituents is 1. The van der Waals surface area contributed by atoms with Crippen LogP contribution in [0.2, 0.25) is 0 Å². The van der Waals surface area contributed by atoms with Crippen molar-refractivity contribution in [1.82, 2.24) is 15.0 Å². The van der Waals surface area contributed by atoms with Gasteiger partial charge in [0.05, 0.1) is 23.8 Å². The Labute approximate surface area is 216 Å². The number of benzene rings is 2. The largest absolute Gasteiger partial charge is 0.488 e. The van der Waals surface area contributed by atoms with Crippen molar-refractivity contribution in [2.45, 2.75) is 26.2 Å². The number of piperidine rings is 1. The second kappa shape index (κ2) is 11.9. The zero-order valence-electron chi connectivity index (χ0n) is 20.7. The van der Waals surface area contributed by atoms with E-state index in [0.29, 0.717) is 11.6 Å². The molecule has 14 heteroatoms. The lowest BCUT2D eigenvalue weighted by Gasteiger charge is -2.26. The molecule has 0 aliphatic carbocycles. The van der Waals surface area contributed by atoms with Crippen LogP contribution < -0.4 is 25.1 Å². The number of esters is 1. The van der Waals surface area contributed by atoms with Crippen LogP contribution in [-0.2, 0) is 4.79 Å². The molecular weight excluding hydrogens is 499 g/mol. The summed E-state index contributed by atoms with van der Waals surface area (Å²) in [5.41, 5.74) is 2.92. The number of carbonyl (C=O) groups excluding carboxylic acids is 1. The first-order valence-electron chi connectivity index (χ1n) is 11.7. The van der Waals surface area contributed by atoms with E-state index < -0.39 is 16.6 Å². The Bertz CT molecular complexity index is 1350. The minimum absolute atomic E-state index is 0.0861. The molecule has 38 heavy (non-hydrogen) atoms. The highest BCUT2D eigenvalue weighted by Crippen LogP contribution is 2.39. The van der Waals surface area contributed by atoms with Crippen LogP contribution in [0, 0.1) is 15.9 Å². The van der Waals surface area contributed by atoms with Crippen molar-refractivity contribution in [3.63, 3.8) is 0 Å². The molecule has 2 aromatic carbocycles. The first-order valence-corrected chi connectivity index (χ1v) is 11.7. The maximum absolute atomic E-state index is 13.3. The maximum atomic E-state index is 13.3. The SMILES string of the molecule is COc1c(OC(C)=O)ccc(C=NNc2nc(Nc3ccc(F)cc3)nc(N3CCCCC3)n2)c1[N+](=O)[O-]. The van der Waals surface area contributed by atoms with Gasteiger partial charge in [0.1, 0.15) is 5.82 Å². The number of rotatable bonds is 9. The number of nitrogens with zero attached hydrogens (tertiary/aromatic N) is 6. The number of nitro groups is 1. The number of hydrogen-bond donors (Lipinski definition) is 2. The fourth-order valence-electron chi connectivity index (χ4n) is 3.82. The highest BCUT2D eigenvalue weighted by molar-refractivity contribution is 5.89. The Morgan fingerprint density at radius 2 is 1.82 bits per heavy atom. The molecule has 0 atom stereocenters. The number of hydrogen-bond acceptors (Lipinski definition) is 12. The number of halogens is 1. The van der Waals surface area contributed by atoms with E-state index in [1.807, 2.05) is 4.90 Å². The van der Waals surface area contributed by atoms with Gasteiger partial charge in [0.2, 0.25) is 23.6 Å². The van der Waals surface area contributed by atoms with Crippen molar-refractivity contribution in [3.05, 3.63) is 57.9 Å². The van der Waals surface area contributed by atoms with E-state index in [1.165, 1.54) is 44.5 Å². The molecule has 1 aliphatic rings. The molecule has 3 aromatic rings. The Balaban J connectivity index is 1.62. The lowest BCUT2D eigenvalue weighted by molar-refractivity contribution is -0.385. The van der Waals surface area contributed by atoms with E-state index in [-0.39, 0.29) is 34.8 Å². The van der Waals surface area contributed by atoms with Crippen molar-refractivity contribution in [1.29, 1.82) is 0 Å². The normalized spacial score (nSPS) is 13.3. The highest BCUT2D eigenvalue weighted by atomic mass is 19.1. The van der Waals surface area contributed by atoms with Gasteiger partial charge in [0.25, 0.3) is 0 Å². The molecule has 0 saturated carbocycles. The second-order valence-electron chi connectivity index (χ2n) is 8.22. The predicted molar refractivity (Wildman–Crippen MR) is 138 cm³/mol. The lowest BCUT2D eigenvalue weighted by atomic mass is 10.1. The topological polar surface area (TPSA) is 157 Å². The van der Waals surface area contributed by atoms with E-state index in [0.717, 1.165) is 32.4 Å². The summed E-state index contributed by atoms with van der Waals surface area (Å²) in [4.78, 5) is 37.7. The van der Waals surface area contributed by atoms with Crippen molar-refractivity contribution in [3.8, 4) is 11.5 Å². The number of carbonyl (C=O) groups is 1. The average Bonchev–Trinajstić information content (AvgIpc) is 2.90. The van der Waals surface area contributed by atoms with Crippen molar-refractivity contribution in [2.24, 2.45) is 5.10 Å². The van der Waals surface area contributed by atoms with Crippen molar-refractivity contribution >= 4 is 41.4 Å². The van der Waals surface area contributed by atoms with Gasteiger partial charge in [-0.25, -0.2) is 9.82 Å². The van der Waals surface area contributed by atoms with Crippen LogP contribution >= 0.6 is 0 Å². The van der Waals surface area contributed by atoms with E-state index in [2.05, 4.69) is 30.8 Å². The van der Waals surface area contributed by atoms with Crippen LogP contribution in [0.5, 0.6) is 11.5 Å². The third-order valence-electron chi connectivity index (χ3n) is 5.50. The fraction of sp³-hybridized carbons (Fsp3) is 0.292. The first-order chi connectivity index (χ1) is 18.3. The van der Waals surface area contributed by atoms with Crippen LogP contribution in [0.25, 0.3) is 0 Å². The van der Waals surface area contributed by atoms with Crippen LogP contribution in [0.15, 0.2) is 41.5 Å². The first kappa shape index (κ1) is 26.2. The summed E-state index contributed by atoms with van der Waals surface area (Å²) in [6.45, 7) is 2.74. The zero-order chi connectivity index (χ0) is 27.1. The van der Waals surface area contributed by atoms with Gasteiger partial charge in [-0.2, -0.15) is 20.1 Å². The molecule has 0 amide bonds. The van der Waals surface area contributed by atoms with Crippen LogP contribution in [0.1, 0.15) is 31.7 Å². The number of anilines is 4.